The third-order valence-electron chi connectivity index (χ3n) is 3.70. The lowest BCUT2D eigenvalue weighted by molar-refractivity contribution is -0.113. The molecule has 2 aromatic carbocycles. The Morgan fingerprint density at radius 1 is 1.00 bits per heavy atom. The largest absolute Gasteiger partial charge is 0.478 e. The molecule has 3 nitrogen and oxygen atoms in total. The Morgan fingerprint density at radius 3 is 2.43 bits per heavy atom. The lowest BCUT2D eigenvalue weighted by Gasteiger charge is -2.17. The lowest BCUT2D eigenvalue weighted by Crippen LogP contribution is -2.12. The summed E-state index contributed by atoms with van der Waals surface area (Å²) in [4.78, 5) is 23.0. The van der Waals surface area contributed by atoms with Gasteiger partial charge in [-0.3, -0.25) is 4.79 Å². The number of carbonyl (C=O) groups is 2. The minimum Gasteiger partial charge on any atom is -0.478 e. The summed E-state index contributed by atoms with van der Waals surface area (Å²) < 4.78 is 0. The second-order valence-electron chi connectivity index (χ2n) is 5.07. The highest BCUT2D eigenvalue weighted by Crippen LogP contribution is 2.29. The zero-order chi connectivity index (χ0) is 14.8. The van der Waals surface area contributed by atoms with Crippen molar-refractivity contribution in [3.05, 3.63) is 70.8 Å². The molecule has 0 fully saturated rings. The number of allylic oxidation sites excluding steroid dienone is 1. The summed E-state index contributed by atoms with van der Waals surface area (Å²) in [5, 5.41) is 8.90. The number of benzene rings is 2. The lowest BCUT2D eigenvalue weighted by atomic mass is 9.85. The zero-order valence-corrected chi connectivity index (χ0v) is 11.4. The monoisotopic (exact) mass is 278 g/mol. The minimum absolute atomic E-state index is 0.135. The number of hydrogen-bond acceptors (Lipinski definition) is 2. The Morgan fingerprint density at radius 2 is 1.71 bits per heavy atom. The summed E-state index contributed by atoms with van der Waals surface area (Å²) >= 11 is 0. The third-order valence-corrected chi connectivity index (χ3v) is 3.70. The van der Waals surface area contributed by atoms with Crippen molar-refractivity contribution in [3.63, 3.8) is 0 Å². The van der Waals surface area contributed by atoms with Crippen molar-refractivity contribution in [2.24, 2.45) is 0 Å². The van der Waals surface area contributed by atoms with Crippen molar-refractivity contribution in [1.82, 2.24) is 0 Å². The van der Waals surface area contributed by atoms with Crippen LogP contribution < -0.4 is 0 Å². The number of aryl methyl sites for hydroxylation is 1. The van der Waals surface area contributed by atoms with Crippen LogP contribution in [0.25, 0.3) is 11.6 Å². The molecule has 0 unspecified atom stereocenters. The van der Waals surface area contributed by atoms with Gasteiger partial charge in [0.1, 0.15) is 0 Å². The van der Waals surface area contributed by atoms with Crippen molar-refractivity contribution < 1.29 is 14.7 Å². The van der Waals surface area contributed by atoms with Gasteiger partial charge in [-0.05, 0) is 41.3 Å². The van der Waals surface area contributed by atoms with Crippen LogP contribution in [0, 0.1) is 0 Å². The van der Waals surface area contributed by atoms with Gasteiger partial charge in [-0.25, -0.2) is 4.79 Å². The number of hydrogen-bond donors (Lipinski definition) is 1. The summed E-state index contributed by atoms with van der Waals surface area (Å²) in [5.74, 6) is -0.815. The molecule has 104 valence electrons. The first-order chi connectivity index (χ1) is 10.1. The van der Waals surface area contributed by atoms with Crippen molar-refractivity contribution in [2.45, 2.75) is 12.8 Å². The van der Waals surface area contributed by atoms with Crippen LogP contribution in [0.1, 0.15) is 33.5 Å². The molecule has 0 aliphatic heterocycles. The van der Waals surface area contributed by atoms with Crippen LogP contribution in [0.5, 0.6) is 0 Å². The molecule has 0 saturated heterocycles. The van der Waals surface area contributed by atoms with Crippen molar-refractivity contribution >= 4 is 23.4 Å². The van der Waals surface area contributed by atoms with Crippen LogP contribution in [0.4, 0.5) is 0 Å². The van der Waals surface area contributed by atoms with Gasteiger partial charge in [-0.1, -0.05) is 36.4 Å². The Bertz CT molecular complexity index is 739. The van der Waals surface area contributed by atoms with Gasteiger partial charge in [0, 0.05) is 12.0 Å². The van der Waals surface area contributed by atoms with E-state index >= 15 is 0 Å². The fourth-order valence-corrected chi connectivity index (χ4v) is 2.58. The first-order valence-corrected chi connectivity index (χ1v) is 6.82. The summed E-state index contributed by atoms with van der Waals surface area (Å²) in [7, 11) is 0. The van der Waals surface area contributed by atoms with Gasteiger partial charge in [0.2, 0.25) is 0 Å². The van der Waals surface area contributed by atoms with Crippen molar-refractivity contribution in [1.29, 1.82) is 0 Å². The number of carboxylic acids is 1. The van der Waals surface area contributed by atoms with Crippen LogP contribution in [-0.4, -0.2) is 16.9 Å². The molecular weight excluding hydrogens is 264 g/mol. The number of carboxylic acid groups (broad SMARTS) is 1. The van der Waals surface area contributed by atoms with Crippen LogP contribution in [0.15, 0.2) is 48.5 Å². The van der Waals surface area contributed by atoms with Gasteiger partial charge in [-0.15, -0.1) is 0 Å². The highest BCUT2D eigenvalue weighted by Gasteiger charge is 2.20. The number of ketones is 1. The van der Waals surface area contributed by atoms with Crippen LogP contribution in [0.3, 0.4) is 0 Å². The molecule has 0 saturated carbocycles. The second-order valence-corrected chi connectivity index (χ2v) is 5.07. The molecule has 0 amide bonds. The molecule has 21 heavy (non-hydrogen) atoms. The molecule has 2 aromatic rings. The molecular formula is C18H14O3. The number of carbonyl (C=O) groups excluding carboxylic acids is 1. The molecule has 0 radical (unpaired) electrons. The van der Waals surface area contributed by atoms with E-state index in [1.54, 1.807) is 24.3 Å². The average molecular weight is 278 g/mol. The Balaban J connectivity index is 2.02. The highest BCUT2D eigenvalue weighted by atomic mass is 16.4. The SMILES string of the molecule is O=C1CCc2ccccc2/C1=C\c1ccc(C(=O)O)cc1. The Hall–Kier alpha value is -2.68. The van der Waals surface area contributed by atoms with Crippen molar-refractivity contribution in [3.8, 4) is 0 Å². The quantitative estimate of drug-likeness (QED) is 0.856. The molecule has 1 aliphatic carbocycles. The van der Waals surface area contributed by atoms with Gasteiger partial charge in [0.15, 0.2) is 5.78 Å². The molecule has 3 heteroatoms. The summed E-state index contributed by atoms with van der Waals surface area (Å²) in [6.07, 6.45) is 3.15. The fraction of sp³-hybridized carbons (Fsp3) is 0.111. The van der Waals surface area contributed by atoms with Crippen LogP contribution in [-0.2, 0) is 11.2 Å². The number of Topliss-reactive ketones (excluding diaryl/α,β-unsaturated/α-hetero) is 1. The van der Waals surface area contributed by atoms with E-state index in [9.17, 15) is 9.59 Å². The summed E-state index contributed by atoms with van der Waals surface area (Å²) in [6.45, 7) is 0. The van der Waals surface area contributed by atoms with E-state index in [2.05, 4.69) is 0 Å². The average Bonchev–Trinajstić information content (AvgIpc) is 2.51. The van der Waals surface area contributed by atoms with Gasteiger partial charge in [-0.2, -0.15) is 0 Å². The first kappa shape index (κ1) is 13.3. The molecule has 0 bridgehead atoms. The number of rotatable bonds is 2. The predicted octanol–water partition coefficient (Wildman–Crippen LogP) is 3.44. The van der Waals surface area contributed by atoms with E-state index in [1.807, 2.05) is 30.3 Å². The molecule has 1 aliphatic rings. The molecule has 3 rings (SSSR count). The smallest absolute Gasteiger partial charge is 0.335 e. The number of fused-ring (bicyclic) bond motifs is 1. The number of aromatic carboxylic acids is 1. The van der Waals surface area contributed by atoms with E-state index in [0.29, 0.717) is 12.0 Å². The zero-order valence-electron chi connectivity index (χ0n) is 11.4. The van der Waals surface area contributed by atoms with E-state index in [-0.39, 0.29) is 11.3 Å². The van der Waals surface area contributed by atoms with E-state index < -0.39 is 5.97 Å². The van der Waals surface area contributed by atoms with Crippen molar-refractivity contribution in [2.75, 3.05) is 0 Å². The predicted molar refractivity (Wildman–Crippen MR) is 81.0 cm³/mol. The third kappa shape index (κ3) is 2.63. The van der Waals surface area contributed by atoms with E-state index in [0.717, 1.165) is 17.5 Å². The van der Waals surface area contributed by atoms with E-state index in [1.165, 1.54) is 5.56 Å². The van der Waals surface area contributed by atoms with Crippen LogP contribution >= 0.6 is 0 Å². The van der Waals surface area contributed by atoms with Gasteiger partial charge in [0.05, 0.1) is 5.56 Å². The maximum Gasteiger partial charge on any atom is 0.335 e. The maximum absolute atomic E-state index is 12.2. The Kier molecular flexibility index (Phi) is 3.40. The van der Waals surface area contributed by atoms with Gasteiger partial charge in [0.25, 0.3) is 0 Å². The molecule has 0 atom stereocenters. The normalized spacial score (nSPS) is 15.8. The van der Waals surface area contributed by atoms with Crippen LogP contribution in [0.2, 0.25) is 0 Å². The topological polar surface area (TPSA) is 54.4 Å². The maximum atomic E-state index is 12.2. The first-order valence-electron chi connectivity index (χ1n) is 6.82. The Labute approximate surface area is 122 Å². The second kappa shape index (κ2) is 5.37. The van der Waals surface area contributed by atoms with Gasteiger partial charge >= 0.3 is 5.97 Å². The van der Waals surface area contributed by atoms with E-state index in [4.69, 9.17) is 5.11 Å². The highest BCUT2D eigenvalue weighted by molar-refractivity contribution is 6.26. The standard InChI is InChI=1S/C18H14O3/c19-17-10-9-13-3-1-2-4-15(13)16(17)11-12-5-7-14(8-6-12)18(20)21/h1-8,11H,9-10H2,(H,20,21)/b16-11+. The molecule has 0 heterocycles. The minimum atomic E-state index is -0.951. The van der Waals surface area contributed by atoms with Gasteiger partial charge < -0.3 is 5.11 Å². The molecule has 1 N–H and O–H groups in total. The summed E-state index contributed by atoms with van der Waals surface area (Å²) in [6, 6.07) is 14.5. The summed E-state index contributed by atoms with van der Waals surface area (Å²) in [5.41, 5.74) is 3.95. The molecule has 0 spiro atoms. The molecule has 0 aromatic heterocycles. The fourth-order valence-electron chi connectivity index (χ4n) is 2.58.